The van der Waals surface area contributed by atoms with E-state index < -0.39 is 6.04 Å². The van der Waals surface area contributed by atoms with Gasteiger partial charge in [0.2, 0.25) is 11.8 Å². The van der Waals surface area contributed by atoms with Crippen LogP contribution in [0.3, 0.4) is 0 Å². The molecule has 0 aliphatic rings. The molecular formula is C28H32N2O3. The first-order valence-electron chi connectivity index (χ1n) is 11.3. The quantitative estimate of drug-likeness (QED) is 0.494. The standard InChI is InChI=1S/C28H32N2O3/c1-4-27(31)30(20-24-14-16-25(33-3)17-15-24)26(18-22-8-6-5-7-9-22)28(32)29-19-23-12-10-21(2)11-13-23/h5-17,26H,4,18-20H2,1-3H3,(H,29,32). The summed E-state index contributed by atoms with van der Waals surface area (Å²) in [4.78, 5) is 28.1. The fourth-order valence-electron chi connectivity index (χ4n) is 3.70. The Bertz CT molecular complexity index is 1030. The van der Waals surface area contributed by atoms with Crippen molar-refractivity contribution in [3.63, 3.8) is 0 Å². The monoisotopic (exact) mass is 444 g/mol. The predicted octanol–water partition coefficient (Wildman–Crippen LogP) is 4.67. The molecule has 1 unspecified atom stereocenters. The van der Waals surface area contributed by atoms with E-state index in [-0.39, 0.29) is 11.8 Å². The normalized spacial score (nSPS) is 11.5. The third-order valence-corrected chi connectivity index (χ3v) is 5.67. The number of carbonyl (C=O) groups excluding carboxylic acids is 2. The van der Waals surface area contributed by atoms with Crippen molar-refractivity contribution in [2.24, 2.45) is 0 Å². The minimum atomic E-state index is -0.618. The molecule has 0 radical (unpaired) electrons. The SMILES string of the molecule is CCC(=O)N(Cc1ccc(OC)cc1)C(Cc1ccccc1)C(=O)NCc1ccc(C)cc1. The van der Waals surface area contributed by atoms with Gasteiger partial charge in [-0.1, -0.05) is 79.2 Å². The number of carbonyl (C=O) groups is 2. The van der Waals surface area contributed by atoms with Gasteiger partial charge in [0, 0.05) is 25.9 Å². The zero-order valence-corrected chi connectivity index (χ0v) is 19.6. The third kappa shape index (κ3) is 6.94. The molecule has 3 aromatic rings. The summed E-state index contributed by atoms with van der Waals surface area (Å²) in [6, 6.07) is 24.9. The fourth-order valence-corrected chi connectivity index (χ4v) is 3.70. The van der Waals surface area contributed by atoms with Gasteiger partial charge in [0.15, 0.2) is 0 Å². The second-order valence-corrected chi connectivity index (χ2v) is 8.13. The number of hydrogen-bond acceptors (Lipinski definition) is 3. The van der Waals surface area contributed by atoms with Crippen LogP contribution in [0, 0.1) is 6.92 Å². The maximum atomic E-state index is 13.4. The van der Waals surface area contributed by atoms with E-state index in [4.69, 9.17) is 4.74 Å². The van der Waals surface area contributed by atoms with Crippen molar-refractivity contribution < 1.29 is 14.3 Å². The molecule has 5 nitrogen and oxygen atoms in total. The van der Waals surface area contributed by atoms with Crippen LogP contribution < -0.4 is 10.1 Å². The zero-order valence-electron chi connectivity index (χ0n) is 19.6. The lowest BCUT2D eigenvalue weighted by atomic mass is 10.0. The number of aryl methyl sites for hydroxylation is 1. The summed E-state index contributed by atoms with van der Waals surface area (Å²) in [6.07, 6.45) is 0.773. The van der Waals surface area contributed by atoms with Crippen molar-refractivity contribution in [3.8, 4) is 5.75 Å². The second-order valence-electron chi connectivity index (χ2n) is 8.13. The van der Waals surface area contributed by atoms with Gasteiger partial charge < -0.3 is 15.0 Å². The van der Waals surface area contributed by atoms with Gasteiger partial charge in [-0.3, -0.25) is 9.59 Å². The summed E-state index contributed by atoms with van der Waals surface area (Å²) in [5.74, 6) is 0.538. The molecule has 1 N–H and O–H groups in total. The summed E-state index contributed by atoms with van der Waals surface area (Å²) in [6.45, 7) is 4.63. The lowest BCUT2D eigenvalue weighted by Crippen LogP contribution is -2.50. The summed E-state index contributed by atoms with van der Waals surface area (Å²) >= 11 is 0. The van der Waals surface area contributed by atoms with Gasteiger partial charge >= 0.3 is 0 Å². The van der Waals surface area contributed by atoms with Gasteiger partial charge in [0.05, 0.1) is 7.11 Å². The van der Waals surface area contributed by atoms with E-state index >= 15 is 0 Å². The molecule has 0 saturated heterocycles. The molecule has 1 atom stereocenters. The average molecular weight is 445 g/mol. The second kappa shape index (κ2) is 11.9. The summed E-state index contributed by atoms with van der Waals surface area (Å²) in [5.41, 5.74) is 4.15. The number of ether oxygens (including phenoxy) is 1. The van der Waals surface area contributed by atoms with Crippen LogP contribution in [0.2, 0.25) is 0 Å². The molecule has 3 rings (SSSR count). The van der Waals surface area contributed by atoms with Gasteiger partial charge in [0.1, 0.15) is 11.8 Å². The number of nitrogens with one attached hydrogen (secondary N) is 1. The van der Waals surface area contributed by atoms with Crippen molar-refractivity contribution in [1.29, 1.82) is 0 Å². The highest BCUT2D eigenvalue weighted by Crippen LogP contribution is 2.18. The maximum absolute atomic E-state index is 13.4. The number of methoxy groups -OCH3 is 1. The van der Waals surface area contributed by atoms with Crippen molar-refractivity contribution in [1.82, 2.24) is 10.2 Å². The lowest BCUT2D eigenvalue weighted by Gasteiger charge is -2.31. The number of amides is 2. The molecule has 0 spiro atoms. The highest BCUT2D eigenvalue weighted by atomic mass is 16.5. The number of nitrogens with zero attached hydrogens (tertiary/aromatic N) is 1. The van der Waals surface area contributed by atoms with E-state index in [1.165, 1.54) is 5.56 Å². The minimum absolute atomic E-state index is 0.0581. The van der Waals surface area contributed by atoms with E-state index in [0.717, 1.165) is 22.4 Å². The van der Waals surface area contributed by atoms with Crippen LogP contribution in [0.4, 0.5) is 0 Å². The molecule has 0 bridgehead atoms. The summed E-state index contributed by atoms with van der Waals surface area (Å²) in [5, 5.41) is 3.05. The van der Waals surface area contributed by atoms with E-state index in [0.29, 0.717) is 25.9 Å². The van der Waals surface area contributed by atoms with E-state index in [1.807, 2.05) is 92.7 Å². The van der Waals surface area contributed by atoms with Crippen LogP contribution in [0.25, 0.3) is 0 Å². The highest BCUT2D eigenvalue weighted by molar-refractivity contribution is 5.88. The molecule has 33 heavy (non-hydrogen) atoms. The molecule has 3 aromatic carbocycles. The van der Waals surface area contributed by atoms with Gasteiger partial charge in [-0.2, -0.15) is 0 Å². The van der Waals surface area contributed by atoms with Crippen LogP contribution in [0.5, 0.6) is 5.75 Å². The van der Waals surface area contributed by atoms with Crippen LogP contribution in [-0.2, 0) is 29.1 Å². The molecule has 0 aliphatic carbocycles. The van der Waals surface area contributed by atoms with E-state index in [1.54, 1.807) is 12.0 Å². The van der Waals surface area contributed by atoms with Crippen molar-refractivity contribution in [2.45, 2.75) is 45.8 Å². The number of hydrogen-bond donors (Lipinski definition) is 1. The predicted molar refractivity (Wildman–Crippen MR) is 131 cm³/mol. The minimum Gasteiger partial charge on any atom is -0.497 e. The van der Waals surface area contributed by atoms with Crippen molar-refractivity contribution >= 4 is 11.8 Å². The first-order valence-corrected chi connectivity index (χ1v) is 11.3. The van der Waals surface area contributed by atoms with Crippen LogP contribution in [0.15, 0.2) is 78.9 Å². The fraction of sp³-hybridized carbons (Fsp3) is 0.286. The third-order valence-electron chi connectivity index (χ3n) is 5.67. The Balaban J connectivity index is 1.84. The molecular weight excluding hydrogens is 412 g/mol. The van der Waals surface area contributed by atoms with E-state index in [2.05, 4.69) is 5.32 Å². The molecule has 0 aliphatic heterocycles. The van der Waals surface area contributed by atoms with Crippen molar-refractivity contribution in [3.05, 3.63) is 101 Å². The lowest BCUT2D eigenvalue weighted by molar-refractivity contribution is -0.141. The van der Waals surface area contributed by atoms with Crippen LogP contribution >= 0.6 is 0 Å². The maximum Gasteiger partial charge on any atom is 0.243 e. The Morgan fingerprint density at radius 3 is 2.12 bits per heavy atom. The Hall–Kier alpha value is -3.60. The largest absolute Gasteiger partial charge is 0.497 e. The van der Waals surface area contributed by atoms with Gasteiger partial charge in [-0.25, -0.2) is 0 Å². The van der Waals surface area contributed by atoms with Gasteiger partial charge in [-0.05, 0) is 35.7 Å². The topological polar surface area (TPSA) is 58.6 Å². The Morgan fingerprint density at radius 2 is 1.52 bits per heavy atom. The van der Waals surface area contributed by atoms with Gasteiger partial charge in [-0.15, -0.1) is 0 Å². The molecule has 172 valence electrons. The number of benzene rings is 3. The average Bonchev–Trinajstić information content (AvgIpc) is 2.86. The highest BCUT2D eigenvalue weighted by Gasteiger charge is 2.29. The van der Waals surface area contributed by atoms with Crippen LogP contribution in [-0.4, -0.2) is 29.9 Å². The molecule has 0 fully saturated rings. The summed E-state index contributed by atoms with van der Waals surface area (Å²) in [7, 11) is 1.62. The first-order chi connectivity index (χ1) is 16.0. The Morgan fingerprint density at radius 1 is 0.879 bits per heavy atom. The number of rotatable bonds is 10. The zero-order chi connectivity index (χ0) is 23.6. The van der Waals surface area contributed by atoms with E-state index in [9.17, 15) is 9.59 Å². The molecule has 5 heteroatoms. The molecule has 0 heterocycles. The summed E-state index contributed by atoms with van der Waals surface area (Å²) < 4.78 is 5.24. The first kappa shape index (κ1) is 24.1. The smallest absolute Gasteiger partial charge is 0.243 e. The van der Waals surface area contributed by atoms with Crippen LogP contribution in [0.1, 0.15) is 35.6 Å². The molecule has 2 amide bonds. The molecule has 0 aromatic heterocycles. The Kier molecular flexibility index (Phi) is 8.64. The Labute approximate surface area is 196 Å². The van der Waals surface area contributed by atoms with Gasteiger partial charge in [0.25, 0.3) is 0 Å². The molecule has 0 saturated carbocycles. The van der Waals surface area contributed by atoms with Crippen molar-refractivity contribution in [2.75, 3.05) is 7.11 Å².